The van der Waals surface area contributed by atoms with Crippen LogP contribution in [0.1, 0.15) is 36.6 Å². The van der Waals surface area contributed by atoms with Crippen LogP contribution in [0.3, 0.4) is 0 Å². The fraction of sp³-hybridized carbons (Fsp3) is 0.500. The van der Waals surface area contributed by atoms with Gasteiger partial charge in [-0.2, -0.15) is 0 Å². The summed E-state index contributed by atoms with van der Waals surface area (Å²) in [5.74, 6) is 0.240. The summed E-state index contributed by atoms with van der Waals surface area (Å²) in [4.78, 5) is 14.6. The maximum absolute atomic E-state index is 10.9. The average molecular weight is 273 g/mol. The van der Waals surface area contributed by atoms with Crippen molar-refractivity contribution in [1.82, 2.24) is 4.98 Å². The molecule has 82 valence electrons. The molecule has 0 aromatic carbocycles. The number of hydrogen-bond donors (Lipinski definition) is 0. The maximum atomic E-state index is 10.9. The zero-order chi connectivity index (χ0) is 11.7. The molecule has 1 aromatic heterocycles. The van der Waals surface area contributed by atoms with Crippen LogP contribution in [0.15, 0.2) is 4.60 Å². The standard InChI is InChI=1S/C10H13BrN2O2/c1-5(2)8-6(3)9(13(14)15)10(11)12-7(8)4/h5H,1-4H3. The molecule has 0 N–H and O–H groups in total. The van der Waals surface area contributed by atoms with E-state index in [9.17, 15) is 10.1 Å². The molecule has 4 nitrogen and oxygen atoms in total. The summed E-state index contributed by atoms with van der Waals surface area (Å²) in [5, 5.41) is 10.9. The van der Waals surface area contributed by atoms with Gasteiger partial charge in [0.05, 0.1) is 4.92 Å². The fourth-order valence-electron chi connectivity index (χ4n) is 1.88. The van der Waals surface area contributed by atoms with E-state index in [1.807, 2.05) is 20.8 Å². The molecule has 0 radical (unpaired) electrons. The fourth-order valence-corrected chi connectivity index (χ4v) is 2.59. The Morgan fingerprint density at radius 1 is 1.40 bits per heavy atom. The smallest absolute Gasteiger partial charge is 0.258 e. The first-order chi connectivity index (χ1) is 6.86. The molecule has 0 spiro atoms. The summed E-state index contributed by atoms with van der Waals surface area (Å²) >= 11 is 3.13. The summed E-state index contributed by atoms with van der Waals surface area (Å²) in [6, 6.07) is 0. The van der Waals surface area contributed by atoms with Crippen LogP contribution in [0.25, 0.3) is 0 Å². The van der Waals surface area contributed by atoms with E-state index in [2.05, 4.69) is 20.9 Å². The van der Waals surface area contributed by atoms with Gasteiger partial charge in [-0.1, -0.05) is 13.8 Å². The Hall–Kier alpha value is -0.970. The molecule has 1 rings (SSSR count). The van der Waals surface area contributed by atoms with Gasteiger partial charge in [-0.3, -0.25) is 10.1 Å². The second kappa shape index (κ2) is 4.26. The predicted molar refractivity (Wildman–Crippen MR) is 62.2 cm³/mol. The van der Waals surface area contributed by atoms with Gasteiger partial charge in [-0.15, -0.1) is 0 Å². The molecule has 1 aromatic rings. The van der Waals surface area contributed by atoms with Crippen molar-refractivity contribution in [3.8, 4) is 0 Å². The molecule has 0 saturated heterocycles. The van der Waals surface area contributed by atoms with Crippen molar-refractivity contribution in [2.45, 2.75) is 33.6 Å². The minimum Gasteiger partial charge on any atom is -0.258 e. The maximum Gasteiger partial charge on any atom is 0.305 e. The lowest BCUT2D eigenvalue weighted by Gasteiger charge is -2.13. The molecule has 5 heteroatoms. The number of nitrogens with zero attached hydrogens (tertiary/aromatic N) is 2. The van der Waals surface area contributed by atoms with Crippen LogP contribution in [0.5, 0.6) is 0 Å². The molecular formula is C10H13BrN2O2. The lowest BCUT2D eigenvalue weighted by atomic mass is 9.96. The van der Waals surface area contributed by atoms with E-state index < -0.39 is 4.92 Å². The van der Waals surface area contributed by atoms with Crippen LogP contribution in [0, 0.1) is 24.0 Å². The second-order valence-corrected chi connectivity index (χ2v) is 4.54. The Morgan fingerprint density at radius 2 is 1.93 bits per heavy atom. The minimum atomic E-state index is -0.391. The van der Waals surface area contributed by atoms with Crippen LogP contribution in [0.2, 0.25) is 0 Å². The van der Waals surface area contributed by atoms with Gasteiger partial charge in [0.25, 0.3) is 0 Å². The third-order valence-corrected chi connectivity index (χ3v) is 2.92. The van der Waals surface area contributed by atoms with Crippen molar-refractivity contribution in [3.63, 3.8) is 0 Å². The van der Waals surface area contributed by atoms with Crippen molar-refractivity contribution in [3.05, 3.63) is 31.5 Å². The quantitative estimate of drug-likeness (QED) is 0.470. The average Bonchev–Trinajstić information content (AvgIpc) is 1.99. The SMILES string of the molecule is Cc1nc(Br)c([N+](=O)[O-])c(C)c1C(C)C. The topological polar surface area (TPSA) is 56.0 Å². The molecule has 15 heavy (non-hydrogen) atoms. The Balaban J connectivity index is 3.56. The molecular weight excluding hydrogens is 260 g/mol. The van der Waals surface area contributed by atoms with Crippen LogP contribution in [-0.4, -0.2) is 9.91 Å². The van der Waals surface area contributed by atoms with Crippen LogP contribution in [0.4, 0.5) is 5.69 Å². The molecule has 0 bridgehead atoms. The van der Waals surface area contributed by atoms with Gasteiger partial charge in [0.15, 0.2) is 4.60 Å². The molecule has 0 aliphatic carbocycles. The normalized spacial score (nSPS) is 10.8. The Morgan fingerprint density at radius 3 is 2.33 bits per heavy atom. The highest BCUT2D eigenvalue weighted by Crippen LogP contribution is 2.33. The number of aromatic nitrogens is 1. The van der Waals surface area contributed by atoms with Crippen LogP contribution >= 0.6 is 15.9 Å². The van der Waals surface area contributed by atoms with Crippen molar-refractivity contribution >= 4 is 21.6 Å². The zero-order valence-corrected chi connectivity index (χ0v) is 10.8. The summed E-state index contributed by atoms with van der Waals surface area (Å²) < 4.78 is 0.312. The van der Waals surface area contributed by atoms with E-state index >= 15 is 0 Å². The third kappa shape index (κ3) is 2.17. The van der Waals surface area contributed by atoms with Crippen molar-refractivity contribution in [2.75, 3.05) is 0 Å². The van der Waals surface area contributed by atoms with Gasteiger partial charge in [0.2, 0.25) is 0 Å². The monoisotopic (exact) mass is 272 g/mol. The number of nitro groups is 1. The lowest BCUT2D eigenvalue weighted by molar-refractivity contribution is -0.386. The van der Waals surface area contributed by atoms with Gasteiger partial charge in [0, 0.05) is 11.3 Å². The molecule has 0 amide bonds. The highest BCUT2D eigenvalue weighted by molar-refractivity contribution is 9.10. The molecule has 0 aliphatic heterocycles. The largest absolute Gasteiger partial charge is 0.305 e. The minimum absolute atomic E-state index is 0.0734. The highest BCUT2D eigenvalue weighted by Gasteiger charge is 2.23. The van der Waals surface area contributed by atoms with E-state index in [0.717, 1.165) is 11.3 Å². The van der Waals surface area contributed by atoms with Crippen molar-refractivity contribution in [1.29, 1.82) is 0 Å². The second-order valence-electron chi connectivity index (χ2n) is 3.79. The molecule has 1 heterocycles. The molecule has 0 saturated carbocycles. The summed E-state index contributed by atoms with van der Waals surface area (Å²) in [6.07, 6.45) is 0. The number of halogens is 1. The summed E-state index contributed by atoms with van der Waals surface area (Å²) in [7, 11) is 0. The third-order valence-electron chi connectivity index (χ3n) is 2.37. The molecule has 0 aliphatic rings. The molecule has 0 unspecified atom stereocenters. The van der Waals surface area contributed by atoms with E-state index in [-0.39, 0.29) is 11.6 Å². The van der Waals surface area contributed by atoms with E-state index in [4.69, 9.17) is 0 Å². The van der Waals surface area contributed by atoms with Crippen LogP contribution in [-0.2, 0) is 0 Å². The molecule has 0 atom stereocenters. The van der Waals surface area contributed by atoms with Crippen molar-refractivity contribution in [2.24, 2.45) is 0 Å². The Bertz CT molecular complexity index is 416. The van der Waals surface area contributed by atoms with Gasteiger partial charge < -0.3 is 0 Å². The van der Waals surface area contributed by atoms with Gasteiger partial charge >= 0.3 is 5.69 Å². The first kappa shape index (κ1) is 12.1. The van der Waals surface area contributed by atoms with Crippen molar-refractivity contribution < 1.29 is 4.92 Å². The number of hydrogen-bond acceptors (Lipinski definition) is 3. The van der Waals surface area contributed by atoms with Crippen LogP contribution < -0.4 is 0 Å². The number of pyridine rings is 1. The summed E-state index contributed by atoms with van der Waals surface area (Å²) in [6.45, 7) is 7.66. The van der Waals surface area contributed by atoms with E-state index in [0.29, 0.717) is 10.2 Å². The van der Waals surface area contributed by atoms with Gasteiger partial charge in [-0.05, 0) is 41.3 Å². The van der Waals surface area contributed by atoms with E-state index in [1.54, 1.807) is 6.92 Å². The van der Waals surface area contributed by atoms with Gasteiger partial charge in [0.1, 0.15) is 0 Å². The Kier molecular flexibility index (Phi) is 3.44. The molecule has 0 fully saturated rings. The lowest BCUT2D eigenvalue weighted by Crippen LogP contribution is -2.04. The van der Waals surface area contributed by atoms with Gasteiger partial charge in [-0.25, -0.2) is 4.98 Å². The Labute approximate surface area is 97.0 Å². The zero-order valence-electron chi connectivity index (χ0n) is 9.17. The first-order valence-electron chi connectivity index (χ1n) is 4.67. The first-order valence-corrected chi connectivity index (χ1v) is 5.46. The summed E-state index contributed by atoms with van der Waals surface area (Å²) in [5.41, 5.74) is 2.59. The number of rotatable bonds is 2. The highest BCUT2D eigenvalue weighted by atomic mass is 79.9. The van der Waals surface area contributed by atoms with E-state index in [1.165, 1.54) is 0 Å². The predicted octanol–water partition coefficient (Wildman–Crippen LogP) is 3.49. The number of aryl methyl sites for hydroxylation is 1.